The van der Waals surface area contributed by atoms with E-state index >= 15 is 0 Å². The fraction of sp³-hybridized carbons (Fsp3) is 0.400. The molecule has 1 aromatic heterocycles. The normalized spacial score (nSPS) is 25.2. The lowest BCUT2D eigenvalue weighted by atomic mass is 10.0. The lowest BCUT2D eigenvalue weighted by Gasteiger charge is -2.20. The Balaban J connectivity index is 1.58. The molecule has 2 aliphatic rings. The topological polar surface area (TPSA) is 49.3 Å². The van der Waals surface area contributed by atoms with Gasteiger partial charge < -0.3 is 9.80 Å². The highest BCUT2D eigenvalue weighted by molar-refractivity contribution is 5.75. The zero-order valence-electron chi connectivity index (χ0n) is 11.1. The first-order chi connectivity index (χ1) is 9.83. The number of para-hydroxylation sites is 2. The third kappa shape index (κ3) is 1.81. The van der Waals surface area contributed by atoms with E-state index in [1.165, 1.54) is 0 Å². The third-order valence-electron chi connectivity index (χ3n) is 4.42. The largest absolute Gasteiger partial charge is 0.355 e. The summed E-state index contributed by atoms with van der Waals surface area (Å²) in [7, 11) is 0. The number of anilines is 1. The fourth-order valence-electron chi connectivity index (χ4n) is 3.40. The summed E-state index contributed by atoms with van der Waals surface area (Å²) in [5, 5.41) is 0. The molecule has 5 nitrogen and oxygen atoms in total. The molecule has 2 fully saturated rings. The molecule has 0 aliphatic carbocycles. The van der Waals surface area contributed by atoms with Gasteiger partial charge in [-0.3, -0.25) is 9.78 Å². The highest BCUT2D eigenvalue weighted by Gasteiger charge is 2.40. The summed E-state index contributed by atoms with van der Waals surface area (Å²) in [6.45, 7) is 3.71. The predicted octanol–water partition coefficient (Wildman–Crippen LogP) is 1.15. The van der Waals surface area contributed by atoms with Gasteiger partial charge in [0.25, 0.3) is 0 Å². The van der Waals surface area contributed by atoms with Gasteiger partial charge in [-0.05, 0) is 12.1 Å². The van der Waals surface area contributed by atoms with Crippen LogP contribution in [0.3, 0.4) is 0 Å². The number of benzene rings is 1. The SMILES string of the molecule is O=CN1C[C@@H]2CN(c3cnc4ccccc4n3)C[C@@H]2C1. The van der Waals surface area contributed by atoms with Crippen molar-refractivity contribution in [2.45, 2.75) is 0 Å². The third-order valence-corrected chi connectivity index (χ3v) is 4.42. The van der Waals surface area contributed by atoms with E-state index < -0.39 is 0 Å². The van der Waals surface area contributed by atoms with E-state index in [-0.39, 0.29) is 0 Å². The molecule has 1 aromatic carbocycles. The van der Waals surface area contributed by atoms with E-state index in [2.05, 4.69) is 9.88 Å². The highest BCUT2D eigenvalue weighted by Crippen LogP contribution is 2.32. The van der Waals surface area contributed by atoms with E-state index in [1.807, 2.05) is 35.4 Å². The standard InChI is InChI=1S/C15H16N4O/c20-10-18-6-11-8-19(9-12(11)7-18)15-5-16-13-3-1-2-4-14(13)17-15/h1-5,10-12H,6-9H2/t11-,12+. The molecule has 0 unspecified atom stereocenters. The van der Waals surface area contributed by atoms with Crippen molar-refractivity contribution >= 4 is 23.3 Å². The van der Waals surface area contributed by atoms with E-state index in [0.29, 0.717) is 11.8 Å². The van der Waals surface area contributed by atoms with Gasteiger partial charge in [-0.1, -0.05) is 12.1 Å². The van der Waals surface area contributed by atoms with Crippen LogP contribution >= 0.6 is 0 Å². The summed E-state index contributed by atoms with van der Waals surface area (Å²) >= 11 is 0. The molecule has 20 heavy (non-hydrogen) atoms. The maximum atomic E-state index is 10.8. The van der Waals surface area contributed by atoms with E-state index in [1.54, 1.807) is 0 Å². The van der Waals surface area contributed by atoms with Gasteiger partial charge in [-0.25, -0.2) is 4.98 Å². The smallest absolute Gasteiger partial charge is 0.209 e. The van der Waals surface area contributed by atoms with Gasteiger partial charge in [-0.15, -0.1) is 0 Å². The van der Waals surface area contributed by atoms with Gasteiger partial charge in [0.1, 0.15) is 5.82 Å². The molecule has 2 atom stereocenters. The minimum Gasteiger partial charge on any atom is -0.355 e. The van der Waals surface area contributed by atoms with Gasteiger partial charge >= 0.3 is 0 Å². The summed E-state index contributed by atoms with van der Waals surface area (Å²) in [5.41, 5.74) is 1.87. The van der Waals surface area contributed by atoms with Crippen LogP contribution in [0.4, 0.5) is 5.82 Å². The van der Waals surface area contributed by atoms with Crippen molar-refractivity contribution in [3.63, 3.8) is 0 Å². The maximum Gasteiger partial charge on any atom is 0.209 e. The number of nitrogens with zero attached hydrogens (tertiary/aromatic N) is 4. The molecule has 5 heteroatoms. The second-order valence-electron chi connectivity index (χ2n) is 5.70. The molecule has 102 valence electrons. The minimum atomic E-state index is 0.577. The molecule has 1 amide bonds. The van der Waals surface area contributed by atoms with Gasteiger partial charge in [0.05, 0.1) is 17.2 Å². The second-order valence-corrected chi connectivity index (χ2v) is 5.70. The average molecular weight is 268 g/mol. The molecule has 2 aliphatic heterocycles. The van der Waals surface area contributed by atoms with Gasteiger partial charge in [0, 0.05) is 38.0 Å². The summed E-state index contributed by atoms with van der Waals surface area (Å²) < 4.78 is 0. The Labute approximate surface area is 117 Å². The molecule has 2 saturated heterocycles. The van der Waals surface area contributed by atoms with Crippen molar-refractivity contribution in [2.75, 3.05) is 31.1 Å². The van der Waals surface area contributed by atoms with E-state index in [4.69, 9.17) is 4.98 Å². The van der Waals surface area contributed by atoms with Gasteiger partial charge in [0.2, 0.25) is 6.41 Å². The van der Waals surface area contributed by atoms with Gasteiger partial charge in [-0.2, -0.15) is 0 Å². The lowest BCUT2D eigenvalue weighted by Crippen LogP contribution is -2.28. The van der Waals surface area contributed by atoms with Gasteiger partial charge in [0.15, 0.2) is 0 Å². The molecule has 0 N–H and O–H groups in total. The zero-order valence-corrected chi connectivity index (χ0v) is 11.1. The monoisotopic (exact) mass is 268 g/mol. The Morgan fingerprint density at radius 3 is 2.45 bits per heavy atom. The molecule has 0 bridgehead atoms. The highest BCUT2D eigenvalue weighted by atomic mass is 16.1. The molecule has 4 rings (SSSR count). The molecule has 2 aromatic rings. The summed E-state index contributed by atoms with van der Waals surface area (Å²) in [6, 6.07) is 7.94. The van der Waals surface area contributed by atoms with Crippen LogP contribution in [0.25, 0.3) is 11.0 Å². The quantitative estimate of drug-likeness (QED) is 0.767. The number of carbonyl (C=O) groups is 1. The van der Waals surface area contributed by atoms with Crippen LogP contribution in [0.2, 0.25) is 0 Å². The predicted molar refractivity (Wildman–Crippen MR) is 76.4 cm³/mol. The van der Waals surface area contributed by atoms with Crippen molar-refractivity contribution in [1.82, 2.24) is 14.9 Å². The second kappa shape index (κ2) is 4.44. The van der Waals surface area contributed by atoms with Crippen molar-refractivity contribution in [3.05, 3.63) is 30.5 Å². The Morgan fingerprint density at radius 1 is 1.05 bits per heavy atom. The Hall–Kier alpha value is -2.17. The number of likely N-dealkylation sites (tertiary alicyclic amines) is 1. The first-order valence-electron chi connectivity index (χ1n) is 6.99. The molecule has 3 heterocycles. The average Bonchev–Trinajstić information content (AvgIpc) is 3.04. The number of amides is 1. The first kappa shape index (κ1) is 11.6. The number of hydrogen-bond donors (Lipinski definition) is 0. The Bertz CT molecular complexity index is 645. The number of fused-ring (bicyclic) bond motifs is 2. The summed E-state index contributed by atoms with van der Waals surface area (Å²) in [5.74, 6) is 2.11. The molecular formula is C15H16N4O. The van der Waals surface area contributed by atoms with E-state index in [0.717, 1.165) is 49.4 Å². The number of aromatic nitrogens is 2. The molecule has 0 saturated carbocycles. The van der Waals surface area contributed by atoms with Crippen LogP contribution in [0.5, 0.6) is 0 Å². The maximum absolute atomic E-state index is 10.8. The van der Waals surface area contributed by atoms with Crippen LogP contribution in [0.1, 0.15) is 0 Å². The van der Waals surface area contributed by atoms with Crippen LogP contribution in [0.15, 0.2) is 30.5 Å². The zero-order chi connectivity index (χ0) is 13.5. The molecule has 0 spiro atoms. The van der Waals surface area contributed by atoms with Crippen LogP contribution in [-0.4, -0.2) is 47.5 Å². The van der Waals surface area contributed by atoms with Crippen LogP contribution in [0, 0.1) is 11.8 Å². The van der Waals surface area contributed by atoms with Crippen LogP contribution < -0.4 is 4.90 Å². The molecular weight excluding hydrogens is 252 g/mol. The minimum absolute atomic E-state index is 0.577. The number of rotatable bonds is 2. The van der Waals surface area contributed by atoms with Crippen LogP contribution in [-0.2, 0) is 4.79 Å². The fourth-order valence-corrected chi connectivity index (χ4v) is 3.40. The first-order valence-corrected chi connectivity index (χ1v) is 6.99. The lowest BCUT2D eigenvalue weighted by molar-refractivity contribution is -0.117. The summed E-state index contributed by atoms with van der Waals surface area (Å²) in [4.78, 5) is 24.2. The van der Waals surface area contributed by atoms with Crippen molar-refractivity contribution in [2.24, 2.45) is 11.8 Å². The number of carbonyl (C=O) groups excluding carboxylic acids is 1. The van der Waals surface area contributed by atoms with E-state index in [9.17, 15) is 4.79 Å². The number of hydrogen-bond acceptors (Lipinski definition) is 4. The van der Waals surface area contributed by atoms with Crippen molar-refractivity contribution in [3.8, 4) is 0 Å². The summed E-state index contributed by atoms with van der Waals surface area (Å²) in [6.07, 6.45) is 2.83. The van der Waals surface area contributed by atoms with Crippen molar-refractivity contribution in [1.29, 1.82) is 0 Å². The Morgan fingerprint density at radius 2 is 1.75 bits per heavy atom. The van der Waals surface area contributed by atoms with Crippen molar-refractivity contribution < 1.29 is 4.79 Å². The Kier molecular flexibility index (Phi) is 2.58. The molecule has 0 radical (unpaired) electrons.